The van der Waals surface area contributed by atoms with Crippen molar-refractivity contribution in [2.75, 3.05) is 0 Å². The number of carboxylic acids is 1. The maximum absolute atomic E-state index is 12.9. The van der Waals surface area contributed by atoms with E-state index in [0.717, 1.165) is 5.56 Å². The topological polar surface area (TPSA) is 85.6 Å². The minimum absolute atomic E-state index is 0.102. The molecule has 3 aromatic rings. The number of benzene rings is 2. The van der Waals surface area contributed by atoms with Crippen LogP contribution in [0.25, 0.3) is 5.69 Å². The van der Waals surface area contributed by atoms with Crippen molar-refractivity contribution in [3.8, 4) is 17.2 Å². The first kappa shape index (κ1) is 16.4. The van der Waals surface area contributed by atoms with Crippen LogP contribution in [0, 0.1) is 6.92 Å². The Morgan fingerprint density at radius 1 is 1.15 bits per heavy atom. The molecule has 1 aliphatic rings. The number of nitrogens with zero attached hydrogens (tertiary/aromatic N) is 1. The normalized spacial score (nSPS) is 14.7. The van der Waals surface area contributed by atoms with Gasteiger partial charge < -0.3 is 14.4 Å². The van der Waals surface area contributed by atoms with E-state index in [1.165, 1.54) is 12.1 Å². The van der Waals surface area contributed by atoms with E-state index in [9.17, 15) is 18.3 Å². The van der Waals surface area contributed by atoms with Crippen molar-refractivity contribution in [2.24, 2.45) is 0 Å². The van der Waals surface area contributed by atoms with Gasteiger partial charge >= 0.3 is 5.97 Å². The average molecular weight is 369 g/mol. The summed E-state index contributed by atoms with van der Waals surface area (Å²) >= 11 is 0. The molecule has 2 heterocycles. The molecule has 1 aliphatic heterocycles. The van der Waals surface area contributed by atoms with E-state index in [2.05, 4.69) is 0 Å². The van der Waals surface area contributed by atoms with Crippen molar-refractivity contribution >= 4 is 15.8 Å². The zero-order valence-electron chi connectivity index (χ0n) is 13.8. The Morgan fingerprint density at radius 3 is 2.58 bits per heavy atom. The Labute approximate surface area is 150 Å². The van der Waals surface area contributed by atoms with Crippen molar-refractivity contribution in [3.63, 3.8) is 0 Å². The molecule has 0 unspecified atom stereocenters. The maximum Gasteiger partial charge on any atom is 0.337 e. The van der Waals surface area contributed by atoms with Crippen LogP contribution in [0.3, 0.4) is 0 Å². The van der Waals surface area contributed by atoms with Crippen LogP contribution >= 0.6 is 0 Å². The van der Waals surface area contributed by atoms with Crippen molar-refractivity contribution in [1.29, 1.82) is 0 Å². The molecule has 7 heteroatoms. The van der Waals surface area contributed by atoms with E-state index in [1.54, 1.807) is 41.2 Å². The van der Waals surface area contributed by atoms with Crippen LogP contribution in [0.15, 0.2) is 59.8 Å². The Balaban J connectivity index is 2.02. The van der Waals surface area contributed by atoms with Gasteiger partial charge in [-0.25, -0.2) is 13.2 Å². The average Bonchev–Trinajstić information content (AvgIpc) is 3.07. The molecule has 0 spiro atoms. The third-order valence-electron chi connectivity index (χ3n) is 4.36. The van der Waals surface area contributed by atoms with Gasteiger partial charge in [0.25, 0.3) is 0 Å². The smallest absolute Gasteiger partial charge is 0.337 e. The molecule has 1 aromatic heterocycles. The summed E-state index contributed by atoms with van der Waals surface area (Å²) in [6.07, 6.45) is 3.39. The van der Waals surface area contributed by atoms with Crippen LogP contribution in [0.2, 0.25) is 0 Å². The summed E-state index contributed by atoms with van der Waals surface area (Å²) in [5.41, 5.74) is 1.61. The Morgan fingerprint density at radius 2 is 1.88 bits per heavy atom. The molecule has 2 aromatic carbocycles. The predicted molar refractivity (Wildman–Crippen MR) is 94.9 cm³/mol. The largest absolute Gasteiger partial charge is 0.478 e. The number of carboxylic acid groups (broad SMARTS) is 1. The molecule has 0 aliphatic carbocycles. The van der Waals surface area contributed by atoms with Crippen LogP contribution in [0.1, 0.15) is 21.5 Å². The minimum Gasteiger partial charge on any atom is -0.478 e. The van der Waals surface area contributed by atoms with Gasteiger partial charge in [0.15, 0.2) is 9.84 Å². The number of fused-ring (bicyclic) bond motifs is 2. The number of carbonyl (C=O) groups is 1. The standard InChI is InChI=1S/C19H15NO5S/c1-12-5-4-6-13-11-26(23,24)17-9-14(19(21)22)15(20-7-2-3-8-20)10-16(17)25-18(12)13/h2-10H,11H2,1H3,(H,21,22). The van der Waals surface area contributed by atoms with E-state index in [0.29, 0.717) is 17.0 Å². The second-order valence-corrected chi connectivity index (χ2v) is 8.09. The highest BCUT2D eigenvalue weighted by Crippen LogP contribution is 2.41. The predicted octanol–water partition coefficient (Wildman–Crippen LogP) is 3.56. The molecule has 26 heavy (non-hydrogen) atoms. The van der Waals surface area contributed by atoms with Crippen molar-refractivity contribution in [1.82, 2.24) is 4.57 Å². The van der Waals surface area contributed by atoms with Crippen LogP contribution in [0.5, 0.6) is 11.5 Å². The number of sulfone groups is 1. The first-order chi connectivity index (χ1) is 12.4. The molecule has 0 amide bonds. The van der Waals surface area contributed by atoms with E-state index >= 15 is 0 Å². The number of rotatable bonds is 2. The summed E-state index contributed by atoms with van der Waals surface area (Å²) < 4.78 is 33.3. The summed E-state index contributed by atoms with van der Waals surface area (Å²) in [5, 5.41) is 9.58. The van der Waals surface area contributed by atoms with Gasteiger partial charge in [0, 0.05) is 24.0 Å². The van der Waals surface area contributed by atoms with Gasteiger partial charge in [-0.1, -0.05) is 18.2 Å². The summed E-state index contributed by atoms with van der Waals surface area (Å²) in [6.45, 7) is 1.84. The number of hydrogen-bond acceptors (Lipinski definition) is 4. The molecule has 132 valence electrons. The lowest BCUT2D eigenvalue weighted by molar-refractivity contribution is 0.0696. The minimum atomic E-state index is -3.75. The van der Waals surface area contributed by atoms with Crippen molar-refractivity contribution in [2.45, 2.75) is 17.6 Å². The fourth-order valence-corrected chi connectivity index (χ4v) is 4.61. The quantitative estimate of drug-likeness (QED) is 0.746. The van der Waals surface area contributed by atoms with Crippen LogP contribution < -0.4 is 4.74 Å². The highest BCUT2D eigenvalue weighted by Gasteiger charge is 2.30. The molecule has 0 fully saturated rings. The molecule has 0 bridgehead atoms. The fourth-order valence-electron chi connectivity index (χ4n) is 3.12. The molecular formula is C19H15NO5S. The monoisotopic (exact) mass is 369 g/mol. The Hall–Kier alpha value is -3.06. The van der Waals surface area contributed by atoms with Gasteiger partial charge in [-0.2, -0.15) is 0 Å². The highest BCUT2D eigenvalue weighted by atomic mass is 32.2. The number of ether oxygens (including phenoxy) is 1. The van der Waals surface area contributed by atoms with Crippen LogP contribution in [-0.2, 0) is 15.6 Å². The van der Waals surface area contributed by atoms with E-state index in [4.69, 9.17) is 4.74 Å². The molecule has 0 saturated carbocycles. The van der Waals surface area contributed by atoms with Gasteiger partial charge in [-0.05, 0) is 30.7 Å². The maximum atomic E-state index is 12.9. The van der Waals surface area contributed by atoms with Crippen LogP contribution in [-0.4, -0.2) is 24.1 Å². The lowest BCUT2D eigenvalue weighted by Crippen LogP contribution is -2.09. The summed E-state index contributed by atoms with van der Waals surface area (Å²) in [4.78, 5) is 11.6. The van der Waals surface area contributed by atoms with Gasteiger partial charge in [-0.3, -0.25) is 0 Å². The van der Waals surface area contributed by atoms with Gasteiger partial charge in [0.2, 0.25) is 0 Å². The second kappa shape index (κ2) is 5.74. The summed E-state index contributed by atoms with van der Waals surface area (Å²) in [6, 6.07) is 11.5. The van der Waals surface area contributed by atoms with Crippen LogP contribution in [0.4, 0.5) is 0 Å². The van der Waals surface area contributed by atoms with Gasteiger partial charge in [0.05, 0.1) is 17.0 Å². The lowest BCUT2D eigenvalue weighted by atomic mass is 10.1. The molecular weight excluding hydrogens is 354 g/mol. The summed E-state index contributed by atoms with van der Waals surface area (Å²) in [7, 11) is -3.75. The molecule has 0 radical (unpaired) electrons. The number of aromatic nitrogens is 1. The lowest BCUT2D eigenvalue weighted by Gasteiger charge is -2.14. The zero-order chi connectivity index (χ0) is 18.5. The van der Waals surface area contributed by atoms with Crippen molar-refractivity contribution < 1.29 is 23.1 Å². The molecule has 6 nitrogen and oxygen atoms in total. The Kier molecular flexibility index (Phi) is 3.62. The number of hydrogen-bond donors (Lipinski definition) is 1. The SMILES string of the molecule is Cc1cccc2c1Oc1cc(-n3cccc3)c(C(=O)O)cc1S(=O)(=O)C2. The number of para-hydroxylation sites is 1. The van der Waals surface area contributed by atoms with Gasteiger partial charge in [0.1, 0.15) is 16.4 Å². The van der Waals surface area contributed by atoms with E-state index in [-0.39, 0.29) is 22.0 Å². The second-order valence-electron chi connectivity index (χ2n) is 6.14. The first-order valence-electron chi connectivity index (χ1n) is 7.90. The van der Waals surface area contributed by atoms with Gasteiger partial charge in [-0.15, -0.1) is 0 Å². The third-order valence-corrected chi connectivity index (χ3v) is 6.04. The van der Waals surface area contributed by atoms with E-state index < -0.39 is 15.8 Å². The Bertz CT molecular complexity index is 1130. The molecule has 1 N–H and O–H groups in total. The highest BCUT2D eigenvalue weighted by molar-refractivity contribution is 7.90. The molecule has 0 saturated heterocycles. The van der Waals surface area contributed by atoms with Crippen molar-refractivity contribution in [3.05, 3.63) is 71.5 Å². The zero-order valence-corrected chi connectivity index (χ0v) is 14.7. The molecule has 4 rings (SSSR count). The van der Waals surface area contributed by atoms with E-state index in [1.807, 2.05) is 13.0 Å². The molecule has 0 atom stereocenters. The fraction of sp³-hybridized carbons (Fsp3) is 0.105. The third kappa shape index (κ3) is 2.57. The number of aryl methyl sites for hydroxylation is 1. The summed E-state index contributed by atoms with van der Waals surface area (Å²) in [5.74, 6) is -0.813. The number of aromatic carboxylic acids is 1. The first-order valence-corrected chi connectivity index (χ1v) is 9.56.